The normalized spacial score (nSPS) is 12.5. The summed E-state index contributed by atoms with van der Waals surface area (Å²) in [5.41, 5.74) is -5.95. The van der Waals surface area contributed by atoms with Gasteiger partial charge in [-0.3, -0.25) is 9.48 Å². The van der Waals surface area contributed by atoms with Crippen molar-refractivity contribution < 1.29 is 26.4 Å². The van der Waals surface area contributed by atoms with Crippen LogP contribution in [0, 0.1) is 0 Å². The zero-order chi connectivity index (χ0) is 12.6. The number of nitrogens with zero attached hydrogens (tertiary/aromatic N) is 2. The number of halogens is 3. The summed E-state index contributed by atoms with van der Waals surface area (Å²) in [6, 6.07) is 1.08. The Hall–Kier alpha value is -1.58. The summed E-state index contributed by atoms with van der Waals surface area (Å²) in [6.07, 6.45) is 1.29. The van der Waals surface area contributed by atoms with Gasteiger partial charge in [0, 0.05) is 13.2 Å². The number of carbonyl (C=O) groups excluding carboxylic acids is 1. The molecule has 0 fully saturated rings. The Morgan fingerprint density at radius 2 is 2.06 bits per heavy atom. The second kappa shape index (κ2) is 3.77. The van der Waals surface area contributed by atoms with Gasteiger partial charge in [-0.2, -0.15) is 26.7 Å². The monoisotopic (exact) mass is 257 g/mol. The van der Waals surface area contributed by atoms with Crippen LogP contribution in [0.2, 0.25) is 0 Å². The fourth-order valence-electron chi connectivity index (χ4n) is 0.768. The Kier molecular flexibility index (Phi) is 2.95. The van der Waals surface area contributed by atoms with Gasteiger partial charge in [-0.15, -0.1) is 0 Å². The summed E-state index contributed by atoms with van der Waals surface area (Å²) in [5, 5.41) is 3.45. The van der Waals surface area contributed by atoms with Crippen molar-refractivity contribution in [1.82, 2.24) is 14.5 Å². The highest BCUT2D eigenvalue weighted by molar-refractivity contribution is 7.90. The van der Waals surface area contributed by atoms with Crippen molar-refractivity contribution in [2.45, 2.75) is 5.51 Å². The molecule has 1 rings (SSSR count). The Morgan fingerprint density at radius 1 is 1.50 bits per heavy atom. The number of carbonyl (C=O) groups is 1. The van der Waals surface area contributed by atoms with Crippen LogP contribution in [0.25, 0.3) is 0 Å². The first-order valence-corrected chi connectivity index (χ1v) is 5.25. The lowest BCUT2D eigenvalue weighted by Crippen LogP contribution is -2.40. The molecule has 16 heavy (non-hydrogen) atoms. The molecule has 10 heteroatoms. The summed E-state index contributed by atoms with van der Waals surface area (Å²) in [7, 11) is -4.26. The van der Waals surface area contributed by atoms with Crippen molar-refractivity contribution in [3.8, 4) is 0 Å². The number of amides is 1. The van der Waals surface area contributed by atoms with Gasteiger partial charge >= 0.3 is 15.5 Å². The fraction of sp³-hybridized carbons (Fsp3) is 0.333. The van der Waals surface area contributed by atoms with Crippen molar-refractivity contribution >= 4 is 15.9 Å². The van der Waals surface area contributed by atoms with E-state index in [-0.39, 0.29) is 0 Å². The molecule has 0 aliphatic heterocycles. The predicted octanol–water partition coefficient (Wildman–Crippen LogP) is -0.000500. The van der Waals surface area contributed by atoms with Gasteiger partial charge in [-0.05, 0) is 6.07 Å². The Morgan fingerprint density at radius 3 is 2.44 bits per heavy atom. The summed E-state index contributed by atoms with van der Waals surface area (Å²) in [6.45, 7) is 0. The number of aromatic nitrogens is 2. The van der Waals surface area contributed by atoms with Crippen LogP contribution < -0.4 is 4.72 Å². The second-order valence-corrected chi connectivity index (χ2v) is 4.43. The van der Waals surface area contributed by atoms with E-state index in [1.165, 1.54) is 13.2 Å². The first-order valence-electron chi connectivity index (χ1n) is 3.76. The Bertz CT molecular complexity index is 505. The molecular formula is C6H6F3N3O3S. The summed E-state index contributed by atoms with van der Waals surface area (Å²) in [4.78, 5) is 11.1. The van der Waals surface area contributed by atoms with Crippen LogP contribution in [-0.4, -0.2) is 29.6 Å². The molecule has 1 amide bonds. The van der Waals surface area contributed by atoms with Crippen LogP contribution in [0.5, 0.6) is 0 Å². The van der Waals surface area contributed by atoms with E-state index in [2.05, 4.69) is 5.10 Å². The van der Waals surface area contributed by atoms with E-state index in [1.54, 1.807) is 0 Å². The largest absolute Gasteiger partial charge is 0.516 e. The molecule has 6 nitrogen and oxygen atoms in total. The third-order valence-electron chi connectivity index (χ3n) is 1.48. The number of hydrogen-bond acceptors (Lipinski definition) is 4. The van der Waals surface area contributed by atoms with Gasteiger partial charge in [0.2, 0.25) is 0 Å². The molecule has 0 saturated heterocycles. The van der Waals surface area contributed by atoms with E-state index < -0.39 is 27.1 Å². The van der Waals surface area contributed by atoms with E-state index in [0.717, 1.165) is 15.5 Å². The number of alkyl halides is 3. The smallest absolute Gasteiger partial charge is 0.275 e. The van der Waals surface area contributed by atoms with Crippen molar-refractivity contribution in [3.05, 3.63) is 18.0 Å². The maximum absolute atomic E-state index is 11.9. The maximum Gasteiger partial charge on any atom is 0.516 e. The van der Waals surface area contributed by atoms with Crippen LogP contribution >= 0.6 is 0 Å². The molecule has 1 N–H and O–H groups in total. The van der Waals surface area contributed by atoms with Gasteiger partial charge in [0.05, 0.1) is 0 Å². The summed E-state index contributed by atoms with van der Waals surface area (Å²) < 4.78 is 58.8. The topological polar surface area (TPSA) is 81.1 Å². The highest BCUT2D eigenvalue weighted by Crippen LogP contribution is 2.21. The van der Waals surface area contributed by atoms with Crippen LogP contribution in [0.1, 0.15) is 10.5 Å². The number of rotatable bonds is 2. The van der Waals surface area contributed by atoms with Gasteiger partial charge in [-0.1, -0.05) is 0 Å². The number of aryl methyl sites for hydroxylation is 1. The quantitative estimate of drug-likeness (QED) is 0.808. The number of sulfonamides is 1. The molecule has 1 aromatic rings. The van der Waals surface area contributed by atoms with Crippen LogP contribution in [0.4, 0.5) is 13.2 Å². The molecule has 1 heterocycles. The van der Waals surface area contributed by atoms with E-state index >= 15 is 0 Å². The van der Waals surface area contributed by atoms with Gasteiger partial charge in [0.1, 0.15) is 0 Å². The molecule has 1 aromatic heterocycles. The highest BCUT2D eigenvalue weighted by Gasteiger charge is 2.47. The van der Waals surface area contributed by atoms with E-state index in [0.29, 0.717) is 0 Å². The lowest BCUT2D eigenvalue weighted by atomic mass is 10.4. The molecule has 0 aliphatic rings. The van der Waals surface area contributed by atoms with Gasteiger partial charge in [0.25, 0.3) is 5.91 Å². The molecule has 0 aromatic carbocycles. The zero-order valence-corrected chi connectivity index (χ0v) is 8.63. The average Bonchev–Trinajstić information content (AvgIpc) is 2.48. The fourth-order valence-corrected chi connectivity index (χ4v) is 1.23. The number of nitrogens with one attached hydrogen (secondary N) is 1. The standard InChI is InChI=1S/C6H6F3N3O3S/c1-12-3-2-4(10-12)5(13)11-16(14,15)6(7,8)9/h2-3H,1H3,(H,11,13). The maximum atomic E-state index is 11.9. The minimum absolute atomic E-state index is 0.421. The number of hydrogen-bond donors (Lipinski definition) is 1. The predicted molar refractivity (Wildman–Crippen MR) is 45.6 cm³/mol. The minimum atomic E-state index is -5.68. The Labute approximate surface area is 88.1 Å². The molecule has 0 radical (unpaired) electrons. The molecule has 0 bridgehead atoms. The van der Waals surface area contributed by atoms with Crippen LogP contribution in [0.3, 0.4) is 0 Å². The van der Waals surface area contributed by atoms with Crippen molar-refractivity contribution in [2.75, 3.05) is 0 Å². The molecule has 0 aliphatic carbocycles. The summed E-state index contributed by atoms with van der Waals surface area (Å²) >= 11 is 0. The molecular weight excluding hydrogens is 251 g/mol. The van der Waals surface area contributed by atoms with Crippen molar-refractivity contribution in [1.29, 1.82) is 0 Å². The van der Waals surface area contributed by atoms with E-state index in [4.69, 9.17) is 0 Å². The first-order chi connectivity index (χ1) is 7.13. The Balaban J connectivity index is 2.88. The summed E-state index contributed by atoms with van der Waals surface area (Å²) in [5.74, 6) is -1.43. The first kappa shape index (κ1) is 12.5. The zero-order valence-electron chi connectivity index (χ0n) is 7.82. The van der Waals surface area contributed by atoms with Crippen LogP contribution in [-0.2, 0) is 17.1 Å². The van der Waals surface area contributed by atoms with Crippen LogP contribution in [0.15, 0.2) is 12.3 Å². The van der Waals surface area contributed by atoms with Gasteiger partial charge in [0.15, 0.2) is 5.69 Å². The molecule has 0 spiro atoms. The lowest BCUT2D eigenvalue weighted by molar-refractivity contribution is -0.0446. The van der Waals surface area contributed by atoms with Crippen molar-refractivity contribution in [3.63, 3.8) is 0 Å². The molecule has 90 valence electrons. The molecule has 0 saturated carbocycles. The highest BCUT2D eigenvalue weighted by atomic mass is 32.2. The average molecular weight is 257 g/mol. The lowest BCUT2D eigenvalue weighted by Gasteiger charge is -2.07. The van der Waals surface area contributed by atoms with Crippen molar-refractivity contribution in [2.24, 2.45) is 7.05 Å². The molecule has 0 unspecified atom stereocenters. The SMILES string of the molecule is Cn1ccc(C(=O)NS(=O)(=O)C(F)(F)F)n1. The third-order valence-corrected chi connectivity index (χ3v) is 2.54. The second-order valence-electron chi connectivity index (χ2n) is 2.76. The molecule has 0 atom stereocenters. The van der Waals surface area contributed by atoms with Gasteiger partial charge in [-0.25, -0.2) is 4.72 Å². The minimum Gasteiger partial charge on any atom is -0.275 e. The third kappa shape index (κ3) is 2.51. The van der Waals surface area contributed by atoms with E-state index in [1.807, 2.05) is 0 Å². The van der Waals surface area contributed by atoms with Gasteiger partial charge < -0.3 is 0 Å². The van der Waals surface area contributed by atoms with E-state index in [9.17, 15) is 26.4 Å².